The SMILES string of the molecule is CC(C)(C)C1CC(Nc2ccc(C(F)(F)F)cc2Cc2ccc(F)cc2)CCN1C(=O)O. The molecule has 8 heteroatoms. The number of amides is 1. The number of benzene rings is 2. The van der Waals surface area contributed by atoms with Crippen molar-refractivity contribution in [3.05, 3.63) is 65.0 Å². The lowest BCUT2D eigenvalue weighted by atomic mass is 9.79. The van der Waals surface area contributed by atoms with Crippen molar-refractivity contribution >= 4 is 11.8 Å². The van der Waals surface area contributed by atoms with Gasteiger partial charge < -0.3 is 15.3 Å². The molecule has 0 aromatic heterocycles. The van der Waals surface area contributed by atoms with Crippen LogP contribution in [0.1, 0.15) is 50.3 Å². The molecular weight excluding hydrogens is 424 g/mol. The van der Waals surface area contributed by atoms with E-state index in [1.165, 1.54) is 23.1 Å². The number of rotatable bonds is 4. The smallest absolute Gasteiger partial charge is 0.416 e. The molecule has 1 heterocycles. The monoisotopic (exact) mass is 452 g/mol. The van der Waals surface area contributed by atoms with Gasteiger partial charge in [0.1, 0.15) is 5.82 Å². The highest BCUT2D eigenvalue weighted by molar-refractivity contribution is 5.66. The molecular formula is C24H28F4N2O2. The van der Waals surface area contributed by atoms with Crippen LogP contribution in [-0.4, -0.2) is 34.7 Å². The van der Waals surface area contributed by atoms with E-state index in [1.807, 2.05) is 20.8 Å². The van der Waals surface area contributed by atoms with Crippen LogP contribution in [0.25, 0.3) is 0 Å². The second-order valence-corrected chi connectivity index (χ2v) is 9.40. The lowest BCUT2D eigenvalue weighted by molar-refractivity contribution is -0.137. The molecule has 0 radical (unpaired) electrons. The third kappa shape index (κ3) is 5.72. The van der Waals surface area contributed by atoms with Gasteiger partial charge in [-0.05, 0) is 66.1 Å². The van der Waals surface area contributed by atoms with E-state index in [1.54, 1.807) is 12.1 Å². The second-order valence-electron chi connectivity index (χ2n) is 9.40. The Hall–Kier alpha value is -2.77. The first-order valence-corrected chi connectivity index (χ1v) is 10.6. The molecule has 1 saturated heterocycles. The topological polar surface area (TPSA) is 52.6 Å². The van der Waals surface area contributed by atoms with Gasteiger partial charge in [0.2, 0.25) is 0 Å². The van der Waals surface area contributed by atoms with E-state index in [2.05, 4.69) is 5.32 Å². The Morgan fingerprint density at radius 3 is 2.34 bits per heavy atom. The lowest BCUT2D eigenvalue weighted by Gasteiger charge is -2.45. The normalized spacial score (nSPS) is 19.7. The van der Waals surface area contributed by atoms with E-state index >= 15 is 0 Å². The van der Waals surface area contributed by atoms with Crippen molar-refractivity contribution in [3.63, 3.8) is 0 Å². The zero-order valence-corrected chi connectivity index (χ0v) is 18.3. The second kappa shape index (κ2) is 9.00. The highest BCUT2D eigenvalue weighted by Crippen LogP contribution is 2.36. The maximum absolute atomic E-state index is 13.3. The number of alkyl halides is 3. The number of carbonyl (C=O) groups is 1. The summed E-state index contributed by atoms with van der Waals surface area (Å²) in [5.74, 6) is -0.408. The summed E-state index contributed by atoms with van der Waals surface area (Å²) >= 11 is 0. The Labute approximate surface area is 185 Å². The lowest BCUT2D eigenvalue weighted by Crippen LogP contribution is -2.54. The van der Waals surface area contributed by atoms with Crippen LogP contribution in [0.2, 0.25) is 0 Å². The molecule has 0 aliphatic carbocycles. The fraction of sp³-hybridized carbons (Fsp3) is 0.458. The molecule has 4 nitrogen and oxygen atoms in total. The Kier molecular flexibility index (Phi) is 6.72. The maximum Gasteiger partial charge on any atom is 0.416 e. The van der Waals surface area contributed by atoms with Crippen molar-refractivity contribution < 1.29 is 27.5 Å². The molecule has 0 saturated carbocycles. The van der Waals surface area contributed by atoms with Gasteiger partial charge in [0.15, 0.2) is 0 Å². The zero-order valence-electron chi connectivity index (χ0n) is 18.3. The van der Waals surface area contributed by atoms with Gasteiger partial charge >= 0.3 is 12.3 Å². The van der Waals surface area contributed by atoms with E-state index < -0.39 is 23.7 Å². The summed E-state index contributed by atoms with van der Waals surface area (Å²) in [4.78, 5) is 13.1. The van der Waals surface area contributed by atoms with Gasteiger partial charge in [-0.15, -0.1) is 0 Å². The molecule has 1 aliphatic rings. The Bertz CT molecular complexity index is 952. The molecule has 2 N–H and O–H groups in total. The van der Waals surface area contributed by atoms with Crippen molar-refractivity contribution in [1.29, 1.82) is 0 Å². The summed E-state index contributed by atoms with van der Waals surface area (Å²) in [5.41, 5.74) is 0.703. The number of piperidine rings is 1. The molecule has 1 fully saturated rings. The van der Waals surface area contributed by atoms with E-state index in [4.69, 9.17) is 0 Å². The first-order chi connectivity index (χ1) is 14.8. The molecule has 0 bridgehead atoms. The molecule has 2 aromatic carbocycles. The summed E-state index contributed by atoms with van der Waals surface area (Å²) in [6.07, 6.45) is -4.12. The number of hydrogen-bond donors (Lipinski definition) is 2. The molecule has 2 aromatic rings. The molecule has 174 valence electrons. The van der Waals surface area contributed by atoms with E-state index in [0.717, 1.165) is 12.1 Å². The van der Waals surface area contributed by atoms with Crippen molar-refractivity contribution in [2.45, 2.75) is 58.3 Å². The largest absolute Gasteiger partial charge is 0.465 e. The zero-order chi connectivity index (χ0) is 23.7. The van der Waals surface area contributed by atoms with E-state index in [0.29, 0.717) is 36.2 Å². The molecule has 1 aliphatic heterocycles. The first-order valence-electron chi connectivity index (χ1n) is 10.6. The number of halogens is 4. The Morgan fingerprint density at radius 2 is 1.78 bits per heavy atom. The third-order valence-electron chi connectivity index (χ3n) is 5.95. The van der Waals surface area contributed by atoms with Crippen LogP contribution in [-0.2, 0) is 12.6 Å². The first kappa shape index (κ1) is 23.9. The van der Waals surface area contributed by atoms with Crippen molar-refractivity contribution in [2.24, 2.45) is 5.41 Å². The average Bonchev–Trinajstić information content (AvgIpc) is 2.69. The van der Waals surface area contributed by atoms with Gasteiger partial charge in [0.05, 0.1) is 5.56 Å². The molecule has 0 spiro atoms. The van der Waals surface area contributed by atoms with Gasteiger partial charge in [-0.3, -0.25) is 0 Å². The quantitative estimate of drug-likeness (QED) is 0.528. The van der Waals surface area contributed by atoms with Gasteiger partial charge in [0, 0.05) is 24.3 Å². The molecule has 2 unspecified atom stereocenters. The summed E-state index contributed by atoms with van der Waals surface area (Å²) in [7, 11) is 0. The number of likely N-dealkylation sites (tertiary alicyclic amines) is 1. The van der Waals surface area contributed by atoms with E-state index in [-0.39, 0.29) is 23.9 Å². The fourth-order valence-electron chi connectivity index (χ4n) is 4.25. The van der Waals surface area contributed by atoms with Gasteiger partial charge in [-0.1, -0.05) is 32.9 Å². The number of carboxylic acid groups (broad SMARTS) is 1. The molecule has 1 amide bonds. The van der Waals surface area contributed by atoms with Gasteiger partial charge in [-0.2, -0.15) is 13.2 Å². The van der Waals surface area contributed by atoms with Crippen LogP contribution < -0.4 is 5.32 Å². The number of nitrogens with one attached hydrogen (secondary N) is 1. The minimum absolute atomic E-state index is 0.0847. The van der Waals surface area contributed by atoms with Crippen LogP contribution in [0.15, 0.2) is 42.5 Å². The Balaban J connectivity index is 1.88. The van der Waals surface area contributed by atoms with Gasteiger partial charge in [0.25, 0.3) is 0 Å². The van der Waals surface area contributed by atoms with Crippen molar-refractivity contribution in [2.75, 3.05) is 11.9 Å². The minimum Gasteiger partial charge on any atom is -0.465 e. The molecule has 32 heavy (non-hydrogen) atoms. The predicted molar refractivity (Wildman–Crippen MR) is 115 cm³/mol. The standard InChI is InChI=1S/C24H28F4N2O2/c1-23(2,3)21-14-19(10-11-30(21)22(31)32)29-20-9-6-17(24(26,27)28)13-16(20)12-15-4-7-18(25)8-5-15/h4-9,13,19,21,29H,10-12,14H2,1-3H3,(H,31,32). The maximum atomic E-state index is 13.3. The van der Waals surface area contributed by atoms with Crippen LogP contribution in [0.4, 0.5) is 28.0 Å². The predicted octanol–water partition coefficient (Wildman–Crippen LogP) is 6.40. The molecule has 3 rings (SSSR count). The van der Waals surface area contributed by atoms with Gasteiger partial charge in [-0.25, -0.2) is 9.18 Å². The third-order valence-corrected chi connectivity index (χ3v) is 5.95. The van der Waals surface area contributed by atoms with Crippen LogP contribution >= 0.6 is 0 Å². The molecule has 2 atom stereocenters. The van der Waals surface area contributed by atoms with Crippen LogP contribution in [0.3, 0.4) is 0 Å². The summed E-state index contributed by atoms with van der Waals surface area (Å²) < 4.78 is 53.2. The summed E-state index contributed by atoms with van der Waals surface area (Å²) in [6, 6.07) is 8.97. The van der Waals surface area contributed by atoms with Crippen LogP contribution in [0.5, 0.6) is 0 Å². The van der Waals surface area contributed by atoms with E-state index in [9.17, 15) is 27.5 Å². The number of anilines is 1. The van der Waals surface area contributed by atoms with Crippen LogP contribution in [0, 0.1) is 11.2 Å². The van der Waals surface area contributed by atoms with Crippen molar-refractivity contribution in [1.82, 2.24) is 4.90 Å². The average molecular weight is 452 g/mol. The number of hydrogen-bond acceptors (Lipinski definition) is 2. The van der Waals surface area contributed by atoms with Crippen molar-refractivity contribution in [3.8, 4) is 0 Å². The minimum atomic E-state index is -4.47. The Morgan fingerprint density at radius 1 is 1.12 bits per heavy atom. The summed E-state index contributed by atoms with van der Waals surface area (Å²) in [6.45, 7) is 6.29. The highest BCUT2D eigenvalue weighted by atomic mass is 19.4. The summed E-state index contributed by atoms with van der Waals surface area (Å²) in [5, 5.41) is 12.9. The fourth-order valence-corrected chi connectivity index (χ4v) is 4.25. The highest BCUT2D eigenvalue weighted by Gasteiger charge is 2.39. The number of nitrogens with zero attached hydrogens (tertiary/aromatic N) is 1.